The first-order valence-corrected chi connectivity index (χ1v) is 11.4. The van der Waals surface area contributed by atoms with Gasteiger partial charge in [-0.2, -0.15) is 18.2 Å². The van der Waals surface area contributed by atoms with Crippen molar-refractivity contribution in [2.45, 2.75) is 37.0 Å². The van der Waals surface area contributed by atoms with Gasteiger partial charge in [0.1, 0.15) is 5.03 Å². The van der Waals surface area contributed by atoms with Crippen molar-refractivity contribution < 1.29 is 18.0 Å². The van der Waals surface area contributed by atoms with E-state index in [0.717, 1.165) is 66.0 Å². The Morgan fingerprint density at radius 3 is 2.67 bits per heavy atom. The lowest BCUT2D eigenvalue weighted by Gasteiger charge is -2.14. The van der Waals surface area contributed by atoms with Gasteiger partial charge in [-0.05, 0) is 55.2 Å². The van der Waals surface area contributed by atoms with Crippen LogP contribution in [0.2, 0.25) is 5.02 Å². The van der Waals surface area contributed by atoms with Crippen molar-refractivity contribution in [2.24, 2.45) is 0 Å². The van der Waals surface area contributed by atoms with Crippen molar-refractivity contribution >= 4 is 35.0 Å². The van der Waals surface area contributed by atoms with Crippen LogP contribution in [0.4, 0.5) is 18.9 Å². The van der Waals surface area contributed by atoms with Crippen LogP contribution in [0.3, 0.4) is 0 Å². The fourth-order valence-electron chi connectivity index (χ4n) is 3.66. The Bertz CT molecular complexity index is 1250. The third-order valence-corrected chi connectivity index (χ3v) is 6.55. The van der Waals surface area contributed by atoms with Crippen LogP contribution in [0.1, 0.15) is 28.8 Å². The SMILES string of the molecule is O=C(CSc1nc(=O)n(Cc2ccncc2)c2c1CCC2)Nc1cc(C(F)(F)F)ccc1Cl. The Morgan fingerprint density at radius 1 is 1.18 bits per heavy atom. The van der Waals surface area contributed by atoms with E-state index in [1.54, 1.807) is 17.0 Å². The van der Waals surface area contributed by atoms with E-state index in [9.17, 15) is 22.8 Å². The molecule has 1 aromatic carbocycles. The van der Waals surface area contributed by atoms with Gasteiger partial charge in [0.25, 0.3) is 0 Å². The molecule has 1 aliphatic rings. The van der Waals surface area contributed by atoms with Crippen molar-refractivity contribution in [1.82, 2.24) is 14.5 Å². The second kappa shape index (κ2) is 9.56. The van der Waals surface area contributed by atoms with E-state index in [4.69, 9.17) is 11.6 Å². The van der Waals surface area contributed by atoms with Gasteiger partial charge in [0.15, 0.2) is 0 Å². The highest BCUT2D eigenvalue weighted by molar-refractivity contribution is 8.00. The molecule has 0 spiro atoms. The molecule has 0 saturated carbocycles. The first-order valence-electron chi connectivity index (χ1n) is 10.0. The molecule has 0 radical (unpaired) electrons. The summed E-state index contributed by atoms with van der Waals surface area (Å²) in [6.45, 7) is 0.385. The Morgan fingerprint density at radius 2 is 1.94 bits per heavy atom. The summed E-state index contributed by atoms with van der Waals surface area (Å²) in [5.41, 5.74) is 1.32. The molecule has 3 aromatic rings. The van der Waals surface area contributed by atoms with Gasteiger partial charge in [0.2, 0.25) is 5.91 Å². The van der Waals surface area contributed by atoms with E-state index in [-0.39, 0.29) is 16.5 Å². The predicted molar refractivity (Wildman–Crippen MR) is 120 cm³/mol. The number of nitrogens with zero attached hydrogens (tertiary/aromatic N) is 3. The van der Waals surface area contributed by atoms with Crippen LogP contribution in [0.25, 0.3) is 0 Å². The number of alkyl halides is 3. The van der Waals surface area contributed by atoms with Gasteiger partial charge in [0.05, 0.1) is 28.6 Å². The van der Waals surface area contributed by atoms with Crippen molar-refractivity contribution in [1.29, 1.82) is 0 Å². The number of pyridine rings is 1. The molecule has 0 bridgehead atoms. The van der Waals surface area contributed by atoms with Crippen LogP contribution in [-0.2, 0) is 30.4 Å². The quantitative estimate of drug-likeness (QED) is 0.401. The molecular weight excluding hydrogens is 477 g/mol. The molecule has 33 heavy (non-hydrogen) atoms. The molecule has 0 saturated heterocycles. The molecule has 2 aromatic heterocycles. The molecule has 6 nitrogen and oxygen atoms in total. The van der Waals surface area contributed by atoms with Crippen LogP contribution in [0.15, 0.2) is 52.5 Å². The molecule has 2 heterocycles. The summed E-state index contributed by atoms with van der Waals surface area (Å²) in [5.74, 6) is -0.671. The predicted octanol–water partition coefficient (Wildman–Crippen LogP) is 4.58. The van der Waals surface area contributed by atoms with Gasteiger partial charge >= 0.3 is 11.9 Å². The molecule has 0 unspecified atom stereocenters. The number of thioether (sulfide) groups is 1. The minimum absolute atomic E-state index is 0.000856. The molecule has 0 atom stereocenters. The molecule has 1 N–H and O–H groups in total. The van der Waals surface area contributed by atoms with E-state index in [2.05, 4.69) is 15.3 Å². The van der Waals surface area contributed by atoms with E-state index in [1.165, 1.54) is 0 Å². The zero-order chi connectivity index (χ0) is 23.6. The molecule has 0 fully saturated rings. The largest absolute Gasteiger partial charge is 0.416 e. The summed E-state index contributed by atoms with van der Waals surface area (Å²) in [6, 6.07) is 6.39. The maximum Gasteiger partial charge on any atom is 0.416 e. The number of fused-ring (bicyclic) bond motifs is 1. The van der Waals surface area contributed by atoms with Crippen LogP contribution in [-0.4, -0.2) is 26.2 Å². The van der Waals surface area contributed by atoms with E-state index < -0.39 is 23.3 Å². The van der Waals surface area contributed by atoms with Crippen LogP contribution < -0.4 is 11.0 Å². The number of hydrogen-bond acceptors (Lipinski definition) is 5. The number of carbonyl (C=O) groups is 1. The lowest BCUT2D eigenvalue weighted by atomic mass is 10.2. The average Bonchev–Trinajstić information content (AvgIpc) is 3.26. The van der Waals surface area contributed by atoms with Gasteiger partial charge < -0.3 is 5.32 Å². The Hall–Kier alpha value is -2.85. The number of hydrogen-bond donors (Lipinski definition) is 1. The second-order valence-electron chi connectivity index (χ2n) is 7.45. The first-order chi connectivity index (χ1) is 15.7. The fourth-order valence-corrected chi connectivity index (χ4v) is 4.70. The van der Waals surface area contributed by atoms with E-state index >= 15 is 0 Å². The second-order valence-corrected chi connectivity index (χ2v) is 8.82. The smallest absolute Gasteiger partial charge is 0.324 e. The molecule has 0 aliphatic heterocycles. The summed E-state index contributed by atoms with van der Waals surface area (Å²) >= 11 is 7.03. The van der Waals surface area contributed by atoms with Gasteiger partial charge in [0, 0.05) is 23.7 Å². The number of halogens is 4. The third kappa shape index (κ3) is 5.39. The maximum atomic E-state index is 12.9. The summed E-state index contributed by atoms with van der Waals surface area (Å²) in [5, 5.41) is 2.89. The van der Waals surface area contributed by atoms with Crippen molar-refractivity contribution in [3.8, 4) is 0 Å². The molecule has 1 amide bonds. The normalized spacial score (nSPS) is 13.1. The first kappa shape index (κ1) is 23.3. The highest BCUT2D eigenvalue weighted by Crippen LogP contribution is 2.34. The zero-order valence-corrected chi connectivity index (χ0v) is 18.7. The third-order valence-electron chi connectivity index (χ3n) is 5.20. The number of rotatable bonds is 6. The van der Waals surface area contributed by atoms with E-state index in [1.807, 2.05) is 12.1 Å². The Labute approximate surface area is 196 Å². The molecular formula is C22H18ClF3N4O2S. The molecule has 172 valence electrons. The fraction of sp³-hybridized carbons (Fsp3) is 0.273. The van der Waals surface area contributed by atoms with Crippen LogP contribution in [0.5, 0.6) is 0 Å². The highest BCUT2D eigenvalue weighted by Gasteiger charge is 2.31. The number of carbonyl (C=O) groups excluding carboxylic acids is 1. The van der Waals surface area contributed by atoms with Gasteiger partial charge in [-0.25, -0.2) is 4.79 Å². The number of amides is 1. The summed E-state index contributed by atoms with van der Waals surface area (Å²) < 4.78 is 40.5. The highest BCUT2D eigenvalue weighted by atomic mass is 35.5. The standard InChI is InChI=1S/C22H18ClF3N4O2S/c23-16-5-4-14(22(24,25)26)10-17(16)28-19(31)12-33-20-15-2-1-3-18(15)30(21(32)29-20)11-13-6-8-27-9-7-13/h4-10H,1-3,11-12H2,(H,28,31). The van der Waals surface area contributed by atoms with Crippen LogP contribution >= 0.6 is 23.4 Å². The van der Waals surface area contributed by atoms with Crippen LogP contribution in [0, 0.1) is 0 Å². The number of nitrogens with one attached hydrogen (secondary N) is 1. The lowest BCUT2D eigenvalue weighted by molar-refractivity contribution is -0.137. The van der Waals surface area contributed by atoms with Gasteiger partial charge in [-0.15, -0.1) is 0 Å². The van der Waals surface area contributed by atoms with Crippen molar-refractivity contribution in [3.05, 3.63) is 80.6 Å². The Kier molecular flexibility index (Phi) is 6.76. The number of benzene rings is 1. The Balaban J connectivity index is 1.49. The summed E-state index contributed by atoms with van der Waals surface area (Å²) in [4.78, 5) is 33.3. The number of aromatic nitrogens is 3. The maximum absolute atomic E-state index is 12.9. The van der Waals surface area contributed by atoms with E-state index in [0.29, 0.717) is 11.6 Å². The van der Waals surface area contributed by atoms with Gasteiger partial charge in [-0.1, -0.05) is 23.4 Å². The monoisotopic (exact) mass is 494 g/mol. The van der Waals surface area contributed by atoms with Gasteiger partial charge in [-0.3, -0.25) is 14.3 Å². The van der Waals surface area contributed by atoms with Crippen molar-refractivity contribution in [3.63, 3.8) is 0 Å². The topological polar surface area (TPSA) is 76.9 Å². The summed E-state index contributed by atoms with van der Waals surface area (Å²) in [7, 11) is 0. The average molecular weight is 495 g/mol. The summed E-state index contributed by atoms with van der Waals surface area (Å²) in [6.07, 6.45) is 1.11. The molecule has 4 rings (SSSR count). The number of anilines is 1. The van der Waals surface area contributed by atoms with Crippen molar-refractivity contribution in [2.75, 3.05) is 11.1 Å². The molecule has 11 heteroatoms. The molecule has 1 aliphatic carbocycles. The minimum Gasteiger partial charge on any atom is -0.324 e. The minimum atomic E-state index is -4.55. The zero-order valence-electron chi connectivity index (χ0n) is 17.2. The lowest BCUT2D eigenvalue weighted by Crippen LogP contribution is -2.28.